The molecule has 0 atom stereocenters. The van der Waals surface area contributed by atoms with Crippen LogP contribution in [0.3, 0.4) is 0 Å². The molecule has 0 fully saturated rings. The molecule has 2 aromatic rings. The molecular formula is C15H17ClN2O2. The van der Waals surface area contributed by atoms with Gasteiger partial charge in [-0.2, -0.15) is 4.98 Å². The maximum absolute atomic E-state index is 6.12. The number of benzene rings is 1. The molecule has 0 amide bonds. The summed E-state index contributed by atoms with van der Waals surface area (Å²) >= 11 is 6.12. The van der Waals surface area contributed by atoms with Crippen LogP contribution in [-0.2, 0) is 6.42 Å². The minimum Gasteiger partial charge on any atom is -0.497 e. The summed E-state index contributed by atoms with van der Waals surface area (Å²) in [5, 5.41) is 0.432. The smallest absolute Gasteiger partial charge is 0.226 e. The normalized spacial score (nSPS) is 10.4. The van der Waals surface area contributed by atoms with E-state index < -0.39 is 0 Å². The minimum absolute atomic E-state index is 0.432. The van der Waals surface area contributed by atoms with Crippen LogP contribution in [0.1, 0.15) is 24.7 Å². The van der Waals surface area contributed by atoms with Crippen LogP contribution in [0, 0.1) is 6.92 Å². The minimum atomic E-state index is 0.432. The second kappa shape index (κ2) is 6.57. The fraction of sp³-hybridized carbons (Fsp3) is 0.333. The van der Waals surface area contributed by atoms with Gasteiger partial charge in [0.05, 0.1) is 7.11 Å². The predicted octanol–water partition coefficient (Wildman–Crippen LogP) is 4.19. The fourth-order valence-electron chi connectivity index (χ4n) is 1.72. The molecule has 1 heterocycles. The first-order chi connectivity index (χ1) is 9.63. The van der Waals surface area contributed by atoms with Gasteiger partial charge in [0.1, 0.15) is 22.5 Å². The quantitative estimate of drug-likeness (QED) is 0.775. The molecule has 1 aromatic carbocycles. The molecule has 106 valence electrons. The zero-order valence-corrected chi connectivity index (χ0v) is 12.6. The van der Waals surface area contributed by atoms with Gasteiger partial charge in [-0.1, -0.05) is 24.6 Å². The molecule has 20 heavy (non-hydrogen) atoms. The molecular weight excluding hydrogens is 276 g/mol. The van der Waals surface area contributed by atoms with Gasteiger partial charge in [-0.25, -0.2) is 4.98 Å². The van der Waals surface area contributed by atoms with Gasteiger partial charge in [-0.05, 0) is 25.5 Å². The molecule has 0 bridgehead atoms. The Morgan fingerprint density at radius 1 is 1.20 bits per heavy atom. The second-order valence-electron chi connectivity index (χ2n) is 4.39. The highest BCUT2D eigenvalue weighted by Gasteiger charge is 2.11. The molecule has 0 saturated carbocycles. The number of hydrogen-bond acceptors (Lipinski definition) is 4. The summed E-state index contributed by atoms with van der Waals surface area (Å²) < 4.78 is 11.0. The molecule has 5 heteroatoms. The lowest BCUT2D eigenvalue weighted by Gasteiger charge is -2.11. The van der Waals surface area contributed by atoms with E-state index in [9.17, 15) is 0 Å². The number of nitrogens with zero attached hydrogens (tertiary/aromatic N) is 2. The molecule has 0 aliphatic carbocycles. The van der Waals surface area contributed by atoms with Crippen molar-refractivity contribution in [1.29, 1.82) is 0 Å². The van der Waals surface area contributed by atoms with Crippen molar-refractivity contribution in [1.82, 2.24) is 9.97 Å². The van der Waals surface area contributed by atoms with Gasteiger partial charge < -0.3 is 9.47 Å². The summed E-state index contributed by atoms with van der Waals surface area (Å²) in [6.07, 6.45) is 1.73. The van der Waals surface area contributed by atoms with Crippen molar-refractivity contribution < 1.29 is 9.47 Å². The molecule has 0 aliphatic rings. The van der Waals surface area contributed by atoms with Gasteiger partial charge in [0.2, 0.25) is 5.88 Å². The largest absolute Gasteiger partial charge is 0.497 e. The van der Waals surface area contributed by atoms with Gasteiger partial charge in [0.25, 0.3) is 0 Å². The van der Waals surface area contributed by atoms with E-state index >= 15 is 0 Å². The van der Waals surface area contributed by atoms with Crippen molar-refractivity contribution >= 4 is 11.6 Å². The zero-order chi connectivity index (χ0) is 14.5. The average molecular weight is 293 g/mol. The molecule has 2 rings (SSSR count). The molecule has 0 radical (unpaired) electrons. The van der Waals surface area contributed by atoms with E-state index in [4.69, 9.17) is 21.1 Å². The van der Waals surface area contributed by atoms with Gasteiger partial charge in [-0.15, -0.1) is 0 Å². The van der Waals surface area contributed by atoms with Gasteiger partial charge >= 0.3 is 0 Å². The van der Waals surface area contributed by atoms with Crippen LogP contribution in [-0.4, -0.2) is 17.1 Å². The maximum atomic E-state index is 6.12. The number of aryl methyl sites for hydroxylation is 1. The zero-order valence-electron chi connectivity index (χ0n) is 11.8. The number of ether oxygens (including phenoxy) is 2. The summed E-state index contributed by atoms with van der Waals surface area (Å²) in [4.78, 5) is 8.66. The summed E-state index contributed by atoms with van der Waals surface area (Å²) in [5.41, 5.74) is 0.731. The molecule has 0 N–H and O–H groups in total. The Bertz CT molecular complexity index is 602. The number of hydrogen-bond donors (Lipinski definition) is 0. The number of rotatable bonds is 5. The predicted molar refractivity (Wildman–Crippen MR) is 78.8 cm³/mol. The van der Waals surface area contributed by atoms with Crippen LogP contribution in [0.2, 0.25) is 5.15 Å². The summed E-state index contributed by atoms with van der Waals surface area (Å²) in [6, 6.07) is 7.36. The first-order valence-electron chi connectivity index (χ1n) is 6.49. The van der Waals surface area contributed by atoms with E-state index in [1.54, 1.807) is 13.2 Å². The van der Waals surface area contributed by atoms with E-state index in [0.29, 0.717) is 22.6 Å². The molecule has 1 aromatic heterocycles. The fourth-order valence-corrected chi connectivity index (χ4v) is 1.90. The van der Waals surface area contributed by atoms with E-state index in [0.717, 1.165) is 24.2 Å². The average Bonchev–Trinajstić information content (AvgIpc) is 2.45. The van der Waals surface area contributed by atoms with Gasteiger partial charge in [0, 0.05) is 18.1 Å². The van der Waals surface area contributed by atoms with Crippen LogP contribution in [0.4, 0.5) is 0 Å². The molecule has 0 spiro atoms. The van der Waals surface area contributed by atoms with Crippen molar-refractivity contribution in [2.24, 2.45) is 0 Å². The number of halogens is 1. The standard InChI is InChI=1S/C15H17ClN2O2/c1-4-6-13-17-14(16)10(2)15(18-13)20-12-8-5-7-11(9-12)19-3/h5,7-9H,4,6H2,1-3H3. The Labute approximate surface area is 123 Å². The third-order valence-electron chi connectivity index (χ3n) is 2.82. The molecule has 0 unspecified atom stereocenters. The monoisotopic (exact) mass is 292 g/mol. The van der Waals surface area contributed by atoms with Crippen molar-refractivity contribution in [3.8, 4) is 17.4 Å². The molecule has 0 aliphatic heterocycles. The van der Waals surface area contributed by atoms with Crippen LogP contribution in [0.25, 0.3) is 0 Å². The number of methoxy groups -OCH3 is 1. The molecule has 0 saturated heterocycles. The summed E-state index contributed by atoms with van der Waals surface area (Å²) in [7, 11) is 1.62. The number of aromatic nitrogens is 2. The van der Waals surface area contributed by atoms with Crippen molar-refractivity contribution in [2.75, 3.05) is 7.11 Å². The molecule has 4 nitrogen and oxygen atoms in total. The van der Waals surface area contributed by atoms with Crippen LogP contribution in [0.5, 0.6) is 17.4 Å². The third-order valence-corrected chi connectivity index (χ3v) is 3.19. The van der Waals surface area contributed by atoms with Gasteiger partial charge in [0.15, 0.2) is 0 Å². The van der Waals surface area contributed by atoms with E-state index in [2.05, 4.69) is 16.9 Å². The maximum Gasteiger partial charge on any atom is 0.226 e. The lowest BCUT2D eigenvalue weighted by Crippen LogP contribution is -2.01. The highest BCUT2D eigenvalue weighted by atomic mass is 35.5. The first-order valence-corrected chi connectivity index (χ1v) is 6.86. The first kappa shape index (κ1) is 14.6. The highest BCUT2D eigenvalue weighted by molar-refractivity contribution is 6.30. The van der Waals surface area contributed by atoms with Crippen molar-refractivity contribution in [3.63, 3.8) is 0 Å². The van der Waals surface area contributed by atoms with E-state index in [1.165, 1.54) is 0 Å². The Morgan fingerprint density at radius 2 is 1.95 bits per heavy atom. The second-order valence-corrected chi connectivity index (χ2v) is 4.75. The third kappa shape index (κ3) is 3.39. The topological polar surface area (TPSA) is 44.2 Å². The van der Waals surface area contributed by atoms with Crippen LogP contribution < -0.4 is 9.47 Å². The van der Waals surface area contributed by atoms with Crippen molar-refractivity contribution in [3.05, 3.63) is 40.8 Å². The lowest BCUT2D eigenvalue weighted by molar-refractivity contribution is 0.406. The Kier molecular flexibility index (Phi) is 4.79. The summed E-state index contributed by atoms with van der Waals surface area (Å²) in [5.74, 6) is 2.57. The van der Waals surface area contributed by atoms with E-state index in [1.807, 2.05) is 25.1 Å². The van der Waals surface area contributed by atoms with E-state index in [-0.39, 0.29) is 0 Å². The summed E-state index contributed by atoms with van der Waals surface area (Å²) in [6.45, 7) is 3.91. The van der Waals surface area contributed by atoms with Gasteiger partial charge in [-0.3, -0.25) is 0 Å². The highest BCUT2D eigenvalue weighted by Crippen LogP contribution is 2.29. The Balaban J connectivity index is 2.31. The van der Waals surface area contributed by atoms with Crippen LogP contribution >= 0.6 is 11.6 Å². The lowest BCUT2D eigenvalue weighted by atomic mass is 10.3. The Morgan fingerprint density at radius 3 is 2.65 bits per heavy atom. The Hall–Kier alpha value is -1.81. The van der Waals surface area contributed by atoms with Crippen molar-refractivity contribution in [2.45, 2.75) is 26.7 Å². The SMILES string of the molecule is CCCc1nc(Cl)c(C)c(Oc2cccc(OC)c2)n1. The van der Waals surface area contributed by atoms with Crippen LogP contribution in [0.15, 0.2) is 24.3 Å².